The third-order valence-corrected chi connectivity index (χ3v) is 4.24. The van der Waals surface area contributed by atoms with Gasteiger partial charge in [0.05, 0.1) is 5.30 Å². The molecule has 22 heavy (non-hydrogen) atoms. The second kappa shape index (κ2) is 12.9. The molecule has 0 aromatic heterocycles. The highest BCUT2D eigenvalue weighted by Gasteiger charge is 2.18. The van der Waals surface area contributed by atoms with Crippen LogP contribution in [-0.2, 0) is 18.2 Å². The topological polar surface area (TPSA) is 93.1 Å². The first kappa shape index (κ1) is 21.4. The lowest BCUT2D eigenvalue weighted by Crippen LogP contribution is -2.01. The van der Waals surface area contributed by atoms with Crippen molar-refractivity contribution in [3.8, 4) is 0 Å². The molecule has 0 atom stereocenters. The molecular formula is C14H25O6P2+. The highest BCUT2D eigenvalue weighted by atomic mass is 31.2. The first-order valence-corrected chi connectivity index (χ1v) is 9.96. The Morgan fingerprint density at radius 3 is 1.77 bits per heavy atom. The Labute approximate surface area is 133 Å². The summed E-state index contributed by atoms with van der Waals surface area (Å²) in [5.41, 5.74) is 0. The van der Waals surface area contributed by atoms with Crippen molar-refractivity contribution in [2.75, 3.05) is 13.2 Å². The SMILES string of the molecule is CCCCO[P+](=O)OCCCC.O=P(O)(O)c1ccccc1. The van der Waals surface area contributed by atoms with Crippen molar-refractivity contribution < 1.29 is 28.0 Å². The zero-order valence-corrected chi connectivity index (χ0v) is 14.8. The van der Waals surface area contributed by atoms with E-state index >= 15 is 0 Å². The van der Waals surface area contributed by atoms with Gasteiger partial charge in [-0.2, -0.15) is 0 Å². The molecule has 1 rings (SSSR count). The van der Waals surface area contributed by atoms with Gasteiger partial charge in [0.25, 0.3) is 0 Å². The molecule has 126 valence electrons. The third kappa shape index (κ3) is 12.0. The molecule has 0 saturated carbocycles. The minimum Gasteiger partial charge on any atom is -0.321 e. The van der Waals surface area contributed by atoms with Gasteiger partial charge in [-0.05, 0) is 25.0 Å². The summed E-state index contributed by atoms with van der Waals surface area (Å²) >= 11 is 0. The molecule has 0 fully saturated rings. The van der Waals surface area contributed by atoms with Gasteiger partial charge in [0, 0.05) is 4.57 Å². The Kier molecular flexibility index (Phi) is 12.5. The van der Waals surface area contributed by atoms with Crippen LogP contribution in [0.3, 0.4) is 0 Å². The van der Waals surface area contributed by atoms with E-state index in [-0.39, 0.29) is 5.30 Å². The molecule has 0 saturated heterocycles. The molecule has 1 aromatic carbocycles. The van der Waals surface area contributed by atoms with Crippen molar-refractivity contribution in [2.24, 2.45) is 0 Å². The molecule has 8 heteroatoms. The van der Waals surface area contributed by atoms with Gasteiger partial charge in [0.1, 0.15) is 13.2 Å². The monoisotopic (exact) mass is 351 g/mol. The molecule has 0 spiro atoms. The van der Waals surface area contributed by atoms with Crippen molar-refractivity contribution in [1.29, 1.82) is 0 Å². The Bertz CT molecular complexity index is 434. The van der Waals surface area contributed by atoms with Crippen LogP contribution in [0.2, 0.25) is 0 Å². The molecule has 0 aliphatic carbocycles. The summed E-state index contributed by atoms with van der Waals surface area (Å²) in [5.74, 6) is 0. The van der Waals surface area contributed by atoms with E-state index in [1.807, 2.05) is 0 Å². The summed E-state index contributed by atoms with van der Waals surface area (Å²) < 4.78 is 31.3. The summed E-state index contributed by atoms with van der Waals surface area (Å²) in [6.07, 6.45) is 3.99. The average molecular weight is 351 g/mol. The Balaban J connectivity index is 0.000000406. The maximum atomic E-state index is 10.9. The summed E-state index contributed by atoms with van der Waals surface area (Å²) in [4.78, 5) is 17.2. The first-order valence-electron chi connectivity index (χ1n) is 7.26. The van der Waals surface area contributed by atoms with E-state index in [4.69, 9.17) is 18.8 Å². The number of rotatable bonds is 9. The molecule has 1 aromatic rings. The van der Waals surface area contributed by atoms with Gasteiger partial charge in [-0.1, -0.05) is 44.9 Å². The van der Waals surface area contributed by atoms with E-state index in [1.165, 1.54) is 12.1 Å². The molecule has 0 unspecified atom stereocenters. The first-order chi connectivity index (χ1) is 10.4. The van der Waals surface area contributed by atoms with Gasteiger partial charge in [0.2, 0.25) is 0 Å². The zero-order valence-electron chi connectivity index (χ0n) is 13.1. The number of unbranched alkanes of at least 4 members (excludes halogenated alkanes) is 2. The predicted octanol–water partition coefficient (Wildman–Crippen LogP) is 3.77. The fourth-order valence-corrected chi connectivity index (χ4v) is 2.42. The van der Waals surface area contributed by atoms with E-state index in [1.54, 1.807) is 18.2 Å². The van der Waals surface area contributed by atoms with Crippen molar-refractivity contribution >= 4 is 21.2 Å². The Hall–Kier alpha value is -0.610. The van der Waals surface area contributed by atoms with Crippen LogP contribution in [-0.4, -0.2) is 23.0 Å². The molecule has 0 aliphatic heterocycles. The summed E-state index contributed by atoms with van der Waals surface area (Å²) in [5, 5.41) is 0.0648. The summed E-state index contributed by atoms with van der Waals surface area (Å²) in [6, 6.07) is 7.70. The number of hydrogen-bond donors (Lipinski definition) is 2. The fraction of sp³-hybridized carbons (Fsp3) is 0.571. The van der Waals surface area contributed by atoms with Gasteiger partial charge >= 0.3 is 15.9 Å². The third-order valence-electron chi connectivity index (χ3n) is 2.48. The van der Waals surface area contributed by atoms with Gasteiger partial charge in [-0.3, -0.25) is 4.57 Å². The van der Waals surface area contributed by atoms with Crippen LogP contribution < -0.4 is 5.30 Å². The van der Waals surface area contributed by atoms with E-state index in [0.717, 1.165) is 25.7 Å². The van der Waals surface area contributed by atoms with Crippen molar-refractivity contribution in [3.05, 3.63) is 30.3 Å². The minimum absolute atomic E-state index is 0.0648. The summed E-state index contributed by atoms with van der Waals surface area (Å²) in [6.45, 7) is 5.21. The zero-order chi connectivity index (χ0) is 16.8. The molecule has 6 nitrogen and oxygen atoms in total. The van der Waals surface area contributed by atoms with E-state index in [0.29, 0.717) is 13.2 Å². The highest BCUT2D eigenvalue weighted by Crippen LogP contribution is 2.32. The van der Waals surface area contributed by atoms with Gasteiger partial charge in [0.15, 0.2) is 0 Å². The maximum absolute atomic E-state index is 10.9. The second-order valence-electron chi connectivity index (χ2n) is 4.48. The van der Waals surface area contributed by atoms with Crippen molar-refractivity contribution in [2.45, 2.75) is 39.5 Å². The van der Waals surface area contributed by atoms with E-state index in [2.05, 4.69) is 13.8 Å². The molecule has 0 heterocycles. The van der Waals surface area contributed by atoms with Crippen LogP contribution in [0.15, 0.2) is 30.3 Å². The quantitative estimate of drug-likeness (QED) is 0.520. The molecule has 0 aliphatic rings. The number of benzene rings is 1. The molecule has 0 bridgehead atoms. The van der Waals surface area contributed by atoms with Crippen molar-refractivity contribution in [3.63, 3.8) is 0 Å². The molecule has 2 N–H and O–H groups in total. The van der Waals surface area contributed by atoms with E-state index in [9.17, 15) is 9.13 Å². The lowest BCUT2D eigenvalue weighted by molar-refractivity contribution is 0.221. The summed E-state index contributed by atoms with van der Waals surface area (Å²) in [7, 11) is -5.87. The second-order valence-corrected chi connectivity index (χ2v) is 7.04. The van der Waals surface area contributed by atoms with Crippen LogP contribution in [0.4, 0.5) is 0 Å². The van der Waals surface area contributed by atoms with E-state index < -0.39 is 15.9 Å². The van der Waals surface area contributed by atoms with Crippen LogP contribution in [0.25, 0.3) is 0 Å². The van der Waals surface area contributed by atoms with Crippen LogP contribution in [0, 0.1) is 0 Å². The van der Waals surface area contributed by atoms with Gasteiger partial charge in [-0.25, -0.2) is 0 Å². The molecule has 0 amide bonds. The lowest BCUT2D eigenvalue weighted by Gasteiger charge is -2.00. The smallest absolute Gasteiger partial charge is 0.321 e. The fourth-order valence-electron chi connectivity index (χ4n) is 1.23. The lowest BCUT2D eigenvalue weighted by atomic mass is 10.4. The van der Waals surface area contributed by atoms with Crippen LogP contribution >= 0.6 is 15.9 Å². The minimum atomic E-state index is -4.02. The predicted molar refractivity (Wildman–Crippen MR) is 87.4 cm³/mol. The Morgan fingerprint density at radius 1 is 1.00 bits per heavy atom. The molecular weight excluding hydrogens is 326 g/mol. The standard InChI is InChI=1S/C8H18O3P.C6H7O3P/c1-3-5-7-10-12(9)11-8-6-4-2;7-10(8,9)6-4-2-1-3-5-6/h3-8H2,1-2H3;1-5H,(H2,7,8,9)/q+1;. The highest BCUT2D eigenvalue weighted by molar-refractivity contribution is 7.60. The van der Waals surface area contributed by atoms with Crippen LogP contribution in [0.1, 0.15) is 39.5 Å². The average Bonchev–Trinajstić information content (AvgIpc) is 2.49. The number of hydrogen-bond acceptors (Lipinski definition) is 4. The largest absolute Gasteiger partial charge is 0.697 e. The van der Waals surface area contributed by atoms with Gasteiger partial charge < -0.3 is 9.79 Å². The van der Waals surface area contributed by atoms with Crippen LogP contribution in [0.5, 0.6) is 0 Å². The maximum Gasteiger partial charge on any atom is 0.697 e. The van der Waals surface area contributed by atoms with Crippen molar-refractivity contribution in [1.82, 2.24) is 0 Å². The normalized spacial score (nSPS) is 10.7. The Morgan fingerprint density at radius 2 is 1.45 bits per heavy atom. The molecule has 0 radical (unpaired) electrons. The van der Waals surface area contributed by atoms with Gasteiger partial charge in [-0.15, -0.1) is 9.05 Å².